The summed E-state index contributed by atoms with van der Waals surface area (Å²) in [6, 6.07) is 4.03. The molecular weight excluding hydrogens is 222 g/mol. The molecule has 0 bridgehead atoms. The number of anilines is 2. The Labute approximate surface area is 98.3 Å². The van der Waals surface area contributed by atoms with E-state index in [1.54, 1.807) is 16.8 Å². The molecule has 0 saturated heterocycles. The molecule has 0 saturated carbocycles. The number of hydrogen-bond donors (Lipinski definition) is 2. The molecule has 3 N–H and O–H groups in total. The number of likely N-dealkylation sites (N-methyl/N-ethyl adjacent to an activating group) is 1. The lowest BCUT2D eigenvalue weighted by atomic mass is 10.2. The first kappa shape index (κ1) is 11.2. The van der Waals surface area contributed by atoms with E-state index in [9.17, 15) is 0 Å². The number of nitrogens with zero attached hydrogens (tertiary/aromatic N) is 2. The SMILES string of the molecule is CC(CO)N(C)c1ccc2scnc2c1N. The molecule has 0 fully saturated rings. The molecule has 2 aromatic rings. The molecule has 16 heavy (non-hydrogen) atoms. The Hall–Kier alpha value is -1.33. The van der Waals surface area contributed by atoms with Gasteiger partial charge in [-0.1, -0.05) is 0 Å². The number of thiazole rings is 1. The van der Waals surface area contributed by atoms with Gasteiger partial charge in [-0.15, -0.1) is 11.3 Å². The number of aromatic nitrogens is 1. The monoisotopic (exact) mass is 237 g/mol. The number of nitrogen functional groups attached to an aromatic ring is 1. The van der Waals surface area contributed by atoms with Crippen LogP contribution in [0.5, 0.6) is 0 Å². The van der Waals surface area contributed by atoms with E-state index in [2.05, 4.69) is 4.98 Å². The summed E-state index contributed by atoms with van der Waals surface area (Å²) in [5.74, 6) is 0. The minimum absolute atomic E-state index is 0.0402. The fraction of sp³-hybridized carbons (Fsp3) is 0.364. The average molecular weight is 237 g/mol. The molecule has 4 nitrogen and oxygen atoms in total. The van der Waals surface area contributed by atoms with Gasteiger partial charge in [0.05, 0.1) is 28.2 Å². The molecular formula is C11H15N3OS. The quantitative estimate of drug-likeness (QED) is 0.798. The van der Waals surface area contributed by atoms with E-state index in [1.165, 1.54) is 0 Å². The molecule has 0 aliphatic carbocycles. The molecule has 1 aromatic heterocycles. The van der Waals surface area contributed by atoms with Gasteiger partial charge in [-0.2, -0.15) is 0 Å². The zero-order valence-electron chi connectivity index (χ0n) is 9.34. The molecule has 1 aromatic carbocycles. The molecule has 1 atom stereocenters. The van der Waals surface area contributed by atoms with Crippen molar-refractivity contribution in [1.82, 2.24) is 4.98 Å². The van der Waals surface area contributed by atoms with Crippen LogP contribution in [0.25, 0.3) is 10.2 Å². The highest BCUT2D eigenvalue weighted by Crippen LogP contribution is 2.32. The highest BCUT2D eigenvalue weighted by molar-refractivity contribution is 7.16. The smallest absolute Gasteiger partial charge is 0.106 e. The molecule has 0 spiro atoms. The number of rotatable bonds is 3. The van der Waals surface area contributed by atoms with Crippen LogP contribution in [-0.2, 0) is 0 Å². The summed E-state index contributed by atoms with van der Waals surface area (Å²) in [6.45, 7) is 2.05. The molecule has 2 rings (SSSR count). The Morgan fingerprint density at radius 1 is 1.56 bits per heavy atom. The van der Waals surface area contributed by atoms with Gasteiger partial charge in [0.1, 0.15) is 5.52 Å². The van der Waals surface area contributed by atoms with Crippen LogP contribution >= 0.6 is 11.3 Å². The summed E-state index contributed by atoms with van der Waals surface area (Å²) in [7, 11) is 1.92. The lowest BCUT2D eigenvalue weighted by Crippen LogP contribution is -2.32. The van der Waals surface area contributed by atoms with Crippen molar-refractivity contribution in [3.8, 4) is 0 Å². The van der Waals surface area contributed by atoms with Crippen molar-refractivity contribution >= 4 is 32.9 Å². The van der Waals surface area contributed by atoms with Crippen molar-refractivity contribution in [2.75, 3.05) is 24.3 Å². The summed E-state index contributed by atoms with van der Waals surface area (Å²) in [4.78, 5) is 6.22. The zero-order valence-corrected chi connectivity index (χ0v) is 10.2. The number of fused-ring (bicyclic) bond motifs is 1. The maximum absolute atomic E-state index is 9.13. The highest BCUT2D eigenvalue weighted by Gasteiger charge is 2.14. The molecule has 5 heteroatoms. The Morgan fingerprint density at radius 2 is 2.31 bits per heavy atom. The van der Waals surface area contributed by atoms with Crippen LogP contribution in [-0.4, -0.2) is 29.8 Å². The van der Waals surface area contributed by atoms with Crippen LogP contribution in [0, 0.1) is 0 Å². The minimum atomic E-state index is 0.0402. The molecule has 0 aliphatic rings. The van der Waals surface area contributed by atoms with E-state index in [1.807, 2.05) is 31.0 Å². The summed E-state index contributed by atoms with van der Waals surface area (Å²) < 4.78 is 1.09. The number of aliphatic hydroxyl groups is 1. The van der Waals surface area contributed by atoms with Crippen molar-refractivity contribution in [2.24, 2.45) is 0 Å². The third-order valence-electron chi connectivity index (χ3n) is 2.82. The first-order valence-corrected chi connectivity index (χ1v) is 5.98. The van der Waals surface area contributed by atoms with Gasteiger partial charge >= 0.3 is 0 Å². The molecule has 0 radical (unpaired) electrons. The van der Waals surface area contributed by atoms with E-state index < -0.39 is 0 Å². The van der Waals surface area contributed by atoms with Crippen LogP contribution < -0.4 is 10.6 Å². The van der Waals surface area contributed by atoms with Crippen LogP contribution in [0.3, 0.4) is 0 Å². The largest absolute Gasteiger partial charge is 0.395 e. The Bertz CT molecular complexity index is 497. The number of hydrogen-bond acceptors (Lipinski definition) is 5. The standard InChI is InChI=1S/C11H15N3OS/c1-7(5-15)14(2)8-3-4-9-11(10(8)12)13-6-16-9/h3-4,6-7,15H,5,12H2,1-2H3. The second kappa shape index (κ2) is 4.27. The maximum Gasteiger partial charge on any atom is 0.106 e. The van der Waals surface area contributed by atoms with E-state index in [0.717, 1.165) is 15.9 Å². The summed E-state index contributed by atoms with van der Waals surface area (Å²) in [6.07, 6.45) is 0. The third-order valence-corrected chi connectivity index (χ3v) is 3.62. The van der Waals surface area contributed by atoms with Gasteiger partial charge in [0.15, 0.2) is 0 Å². The minimum Gasteiger partial charge on any atom is -0.395 e. The number of benzene rings is 1. The van der Waals surface area contributed by atoms with Gasteiger partial charge < -0.3 is 15.7 Å². The normalized spacial score (nSPS) is 12.9. The van der Waals surface area contributed by atoms with Crippen LogP contribution in [0.4, 0.5) is 11.4 Å². The summed E-state index contributed by atoms with van der Waals surface area (Å²) in [5.41, 5.74) is 10.3. The molecule has 1 unspecified atom stereocenters. The highest BCUT2D eigenvalue weighted by atomic mass is 32.1. The van der Waals surface area contributed by atoms with Crippen LogP contribution in [0.1, 0.15) is 6.92 Å². The third kappa shape index (κ3) is 1.72. The maximum atomic E-state index is 9.13. The van der Waals surface area contributed by atoms with E-state index in [0.29, 0.717) is 5.69 Å². The van der Waals surface area contributed by atoms with E-state index in [4.69, 9.17) is 10.8 Å². The lowest BCUT2D eigenvalue weighted by molar-refractivity contribution is 0.270. The van der Waals surface area contributed by atoms with Gasteiger partial charge in [0, 0.05) is 13.1 Å². The number of aliphatic hydroxyl groups excluding tert-OH is 1. The second-order valence-electron chi connectivity index (χ2n) is 3.84. The van der Waals surface area contributed by atoms with Gasteiger partial charge in [0.2, 0.25) is 0 Å². The van der Waals surface area contributed by atoms with Gasteiger partial charge in [-0.3, -0.25) is 0 Å². The predicted octanol–water partition coefficient (Wildman–Crippen LogP) is 1.70. The Morgan fingerprint density at radius 3 is 3.00 bits per heavy atom. The van der Waals surface area contributed by atoms with E-state index >= 15 is 0 Å². The van der Waals surface area contributed by atoms with Gasteiger partial charge in [-0.25, -0.2) is 4.98 Å². The molecule has 1 heterocycles. The van der Waals surface area contributed by atoms with Crippen molar-refractivity contribution in [1.29, 1.82) is 0 Å². The zero-order chi connectivity index (χ0) is 11.7. The predicted molar refractivity (Wildman–Crippen MR) is 69.0 cm³/mol. The van der Waals surface area contributed by atoms with E-state index in [-0.39, 0.29) is 12.6 Å². The lowest BCUT2D eigenvalue weighted by Gasteiger charge is -2.26. The average Bonchev–Trinajstić information content (AvgIpc) is 2.76. The van der Waals surface area contributed by atoms with Crippen molar-refractivity contribution in [2.45, 2.75) is 13.0 Å². The van der Waals surface area contributed by atoms with Crippen molar-refractivity contribution in [3.63, 3.8) is 0 Å². The van der Waals surface area contributed by atoms with Gasteiger partial charge in [-0.05, 0) is 19.1 Å². The molecule has 0 aliphatic heterocycles. The topological polar surface area (TPSA) is 62.4 Å². The first-order valence-electron chi connectivity index (χ1n) is 5.10. The first-order chi connectivity index (χ1) is 7.65. The van der Waals surface area contributed by atoms with Crippen molar-refractivity contribution < 1.29 is 5.11 Å². The summed E-state index contributed by atoms with van der Waals surface area (Å²) in [5, 5.41) is 9.13. The fourth-order valence-corrected chi connectivity index (χ4v) is 2.30. The van der Waals surface area contributed by atoms with Crippen LogP contribution in [0.15, 0.2) is 17.6 Å². The van der Waals surface area contributed by atoms with Crippen molar-refractivity contribution in [3.05, 3.63) is 17.6 Å². The second-order valence-corrected chi connectivity index (χ2v) is 4.73. The molecule has 86 valence electrons. The summed E-state index contributed by atoms with van der Waals surface area (Å²) >= 11 is 1.58. The van der Waals surface area contributed by atoms with Gasteiger partial charge in [0.25, 0.3) is 0 Å². The van der Waals surface area contributed by atoms with Crippen LogP contribution in [0.2, 0.25) is 0 Å². The Kier molecular flexibility index (Phi) is 2.98. The number of nitrogens with two attached hydrogens (primary N) is 1. The Balaban J connectivity index is 2.48. The molecule has 0 amide bonds. The fourth-order valence-electron chi connectivity index (χ4n) is 1.61.